The van der Waals surface area contributed by atoms with E-state index in [0.717, 1.165) is 6.54 Å². The van der Waals surface area contributed by atoms with Gasteiger partial charge in [0.15, 0.2) is 12.4 Å². The number of carbonyl (C=O) groups excluding carboxylic acids is 1. The number of nitrogens with two attached hydrogens (primary N) is 1. The normalized spacial score (nSPS) is 10.2. The van der Waals surface area contributed by atoms with Crippen LogP contribution in [0.25, 0.3) is 0 Å². The van der Waals surface area contributed by atoms with Crippen LogP contribution in [0, 0.1) is 0 Å². The summed E-state index contributed by atoms with van der Waals surface area (Å²) < 4.78 is 2.12. The van der Waals surface area contributed by atoms with Crippen molar-refractivity contribution < 1.29 is 33.3 Å². The molecule has 0 aromatic carbocycles. The second-order valence-corrected chi connectivity index (χ2v) is 5.87. The van der Waals surface area contributed by atoms with Crippen LogP contribution in [0.15, 0.2) is 24.5 Å². The molecule has 4 heteroatoms. The molecule has 0 aliphatic rings. The molecule has 1 rings (SSSR count). The van der Waals surface area contributed by atoms with Crippen LogP contribution < -0.4 is 34.3 Å². The van der Waals surface area contributed by atoms with Gasteiger partial charge in [0, 0.05) is 18.6 Å². The van der Waals surface area contributed by atoms with Crippen LogP contribution in [0.5, 0.6) is 0 Å². The molecule has 1 aromatic heterocycles. The van der Waals surface area contributed by atoms with Crippen molar-refractivity contribution in [2.75, 3.05) is 0 Å². The van der Waals surface area contributed by atoms with Crippen molar-refractivity contribution in [1.82, 2.24) is 0 Å². The standard InChI is InChI=1S/C18H30N2O.HI/c1-2-3-4-5-6-7-8-9-10-11-14-20-15-12-17(13-16-20)18(19)21;/h12-13,15-16H,2-11,14H2,1H3,(H-,19,21);1H. The SMILES string of the molecule is CCCCCCCCCCCC[n+]1ccc(C(N)=O)cc1.[I-]. The van der Waals surface area contributed by atoms with Gasteiger partial charge in [0.05, 0.1) is 5.56 Å². The first kappa shape index (κ1) is 21.4. The topological polar surface area (TPSA) is 47.0 Å². The maximum Gasteiger partial charge on any atom is 0.249 e. The number of hydrogen-bond acceptors (Lipinski definition) is 1. The second kappa shape index (κ2) is 14.0. The first-order valence-corrected chi connectivity index (χ1v) is 8.53. The second-order valence-electron chi connectivity index (χ2n) is 5.87. The number of rotatable bonds is 12. The van der Waals surface area contributed by atoms with Crippen molar-refractivity contribution in [2.45, 2.75) is 77.7 Å². The number of hydrogen-bond donors (Lipinski definition) is 1. The van der Waals surface area contributed by atoms with E-state index in [0.29, 0.717) is 5.56 Å². The van der Waals surface area contributed by atoms with Gasteiger partial charge in [-0.3, -0.25) is 4.79 Å². The van der Waals surface area contributed by atoms with Crippen molar-refractivity contribution in [3.63, 3.8) is 0 Å². The Morgan fingerprint density at radius 1 is 0.909 bits per heavy atom. The molecular formula is C18H31IN2O. The van der Waals surface area contributed by atoms with Crippen LogP contribution >= 0.6 is 0 Å². The number of nitrogens with zero attached hydrogens (tertiary/aromatic N) is 1. The zero-order valence-corrected chi connectivity index (χ0v) is 16.1. The molecule has 0 saturated heterocycles. The fourth-order valence-corrected chi connectivity index (χ4v) is 2.55. The van der Waals surface area contributed by atoms with E-state index in [4.69, 9.17) is 5.73 Å². The number of amides is 1. The summed E-state index contributed by atoms with van der Waals surface area (Å²) in [5.41, 5.74) is 5.80. The third kappa shape index (κ3) is 10.1. The van der Waals surface area contributed by atoms with Gasteiger partial charge in [0.25, 0.3) is 0 Å². The zero-order chi connectivity index (χ0) is 15.3. The number of aryl methyl sites for hydroxylation is 1. The van der Waals surface area contributed by atoms with Gasteiger partial charge >= 0.3 is 0 Å². The van der Waals surface area contributed by atoms with E-state index in [1.165, 1.54) is 64.2 Å². The maximum absolute atomic E-state index is 11.0. The lowest BCUT2D eigenvalue weighted by Gasteiger charge is -2.01. The molecule has 0 atom stereocenters. The number of carbonyl (C=O) groups is 1. The summed E-state index contributed by atoms with van der Waals surface area (Å²) in [6.45, 7) is 3.29. The summed E-state index contributed by atoms with van der Waals surface area (Å²) in [6, 6.07) is 3.58. The highest BCUT2D eigenvalue weighted by molar-refractivity contribution is 5.92. The average Bonchev–Trinajstić information content (AvgIpc) is 2.49. The molecule has 1 aromatic rings. The van der Waals surface area contributed by atoms with Gasteiger partial charge in [0.1, 0.15) is 6.54 Å². The first-order valence-electron chi connectivity index (χ1n) is 8.53. The number of primary amides is 1. The lowest BCUT2D eigenvalue weighted by Crippen LogP contribution is -3.00. The third-order valence-electron chi connectivity index (χ3n) is 3.95. The lowest BCUT2D eigenvalue weighted by atomic mass is 10.1. The molecule has 0 saturated carbocycles. The summed E-state index contributed by atoms with van der Waals surface area (Å²) in [5.74, 6) is -0.360. The lowest BCUT2D eigenvalue weighted by molar-refractivity contribution is -0.697. The summed E-state index contributed by atoms with van der Waals surface area (Å²) >= 11 is 0. The largest absolute Gasteiger partial charge is 1.00 e. The highest BCUT2D eigenvalue weighted by atomic mass is 127. The Morgan fingerprint density at radius 2 is 1.36 bits per heavy atom. The molecule has 0 spiro atoms. The predicted molar refractivity (Wildman–Crippen MR) is 87.0 cm³/mol. The van der Waals surface area contributed by atoms with Gasteiger partial charge in [-0.15, -0.1) is 0 Å². The van der Waals surface area contributed by atoms with E-state index in [-0.39, 0.29) is 29.9 Å². The Morgan fingerprint density at radius 3 is 1.82 bits per heavy atom. The summed E-state index contributed by atoms with van der Waals surface area (Å²) in [6.07, 6.45) is 17.4. The van der Waals surface area contributed by atoms with E-state index in [1.54, 1.807) is 12.1 Å². The van der Waals surface area contributed by atoms with Crippen LogP contribution in [-0.2, 0) is 6.54 Å². The molecule has 126 valence electrons. The number of unbranched alkanes of at least 4 members (excludes halogenated alkanes) is 9. The fraction of sp³-hybridized carbons (Fsp3) is 0.667. The molecule has 3 nitrogen and oxygen atoms in total. The summed E-state index contributed by atoms with van der Waals surface area (Å²) in [4.78, 5) is 11.0. The maximum atomic E-state index is 11.0. The minimum Gasteiger partial charge on any atom is -1.00 e. The van der Waals surface area contributed by atoms with Crippen molar-refractivity contribution in [3.8, 4) is 0 Å². The van der Waals surface area contributed by atoms with Gasteiger partial charge in [-0.05, 0) is 6.42 Å². The van der Waals surface area contributed by atoms with Gasteiger partial charge < -0.3 is 29.7 Å². The quantitative estimate of drug-likeness (QED) is 0.307. The Balaban J connectivity index is 0.00000441. The fourth-order valence-electron chi connectivity index (χ4n) is 2.55. The molecule has 0 aliphatic heterocycles. The van der Waals surface area contributed by atoms with Crippen LogP contribution in [-0.4, -0.2) is 5.91 Å². The van der Waals surface area contributed by atoms with Gasteiger partial charge in [0.2, 0.25) is 5.91 Å². The Bertz CT molecular complexity index is 393. The number of pyridine rings is 1. The highest BCUT2D eigenvalue weighted by Gasteiger charge is 2.04. The molecule has 0 fully saturated rings. The number of halogens is 1. The molecule has 0 bridgehead atoms. The number of aromatic nitrogens is 1. The molecule has 1 heterocycles. The van der Waals surface area contributed by atoms with Crippen molar-refractivity contribution in [2.24, 2.45) is 5.73 Å². The molecule has 1 amide bonds. The van der Waals surface area contributed by atoms with E-state index in [1.807, 2.05) is 12.4 Å². The van der Waals surface area contributed by atoms with E-state index in [2.05, 4.69) is 11.5 Å². The summed E-state index contributed by atoms with van der Waals surface area (Å²) in [7, 11) is 0. The molecule has 0 unspecified atom stereocenters. The van der Waals surface area contributed by atoms with Gasteiger partial charge in [-0.25, -0.2) is 4.57 Å². The van der Waals surface area contributed by atoms with Crippen LogP contribution in [0.1, 0.15) is 81.5 Å². The van der Waals surface area contributed by atoms with Crippen molar-refractivity contribution >= 4 is 5.91 Å². The predicted octanol–water partition coefficient (Wildman–Crippen LogP) is 0.998. The monoisotopic (exact) mass is 418 g/mol. The van der Waals surface area contributed by atoms with Gasteiger partial charge in [-0.1, -0.05) is 58.3 Å². The van der Waals surface area contributed by atoms with Crippen molar-refractivity contribution in [1.29, 1.82) is 0 Å². The first-order chi connectivity index (χ1) is 10.2. The van der Waals surface area contributed by atoms with Crippen LogP contribution in [0.4, 0.5) is 0 Å². The average molecular weight is 418 g/mol. The Kier molecular flexibility index (Phi) is 13.6. The van der Waals surface area contributed by atoms with E-state index in [9.17, 15) is 4.79 Å². The molecule has 0 radical (unpaired) electrons. The Labute approximate surface area is 152 Å². The van der Waals surface area contributed by atoms with Gasteiger partial charge in [-0.2, -0.15) is 0 Å². The van der Waals surface area contributed by atoms with Crippen LogP contribution in [0.2, 0.25) is 0 Å². The third-order valence-corrected chi connectivity index (χ3v) is 3.95. The van der Waals surface area contributed by atoms with E-state index >= 15 is 0 Å². The minimum atomic E-state index is -0.360. The smallest absolute Gasteiger partial charge is 0.249 e. The Hall–Kier alpha value is -0.650. The molecular weight excluding hydrogens is 387 g/mol. The zero-order valence-electron chi connectivity index (χ0n) is 13.9. The minimum absolute atomic E-state index is 0. The van der Waals surface area contributed by atoms with Crippen molar-refractivity contribution in [3.05, 3.63) is 30.1 Å². The van der Waals surface area contributed by atoms with E-state index < -0.39 is 0 Å². The molecule has 22 heavy (non-hydrogen) atoms. The molecule has 0 aliphatic carbocycles. The highest BCUT2D eigenvalue weighted by Crippen LogP contribution is 2.10. The van der Waals surface area contributed by atoms with Crippen LogP contribution in [0.3, 0.4) is 0 Å². The molecule has 2 N–H and O–H groups in total. The summed E-state index contributed by atoms with van der Waals surface area (Å²) in [5, 5.41) is 0.